The Labute approximate surface area is 121 Å². The molecule has 0 bridgehead atoms. The molecule has 3 rings (SSSR count). The molecule has 0 radical (unpaired) electrons. The Morgan fingerprint density at radius 2 is 2.24 bits per heavy atom. The highest BCUT2D eigenvalue weighted by Gasteiger charge is 2.12. The van der Waals surface area contributed by atoms with Crippen LogP contribution in [0.15, 0.2) is 43.0 Å². The number of benzene rings is 1. The van der Waals surface area contributed by atoms with Gasteiger partial charge in [0.15, 0.2) is 0 Å². The van der Waals surface area contributed by atoms with Crippen molar-refractivity contribution in [1.29, 1.82) is 0 Å². The summed E-state index contributed by atoms with van der Waals surface area (Å²) in [5, 5.41) is 7.01. The second-order valence-electron chi connectivity index (χ2n) is 4.78. The molecule has 2 heterocycles. The minimum Gasteiger partial charge on any atom is -0.399 e. The van der Waals surface area contributed by atoms with E-state index in [2.05, 4.69) is 15.4 Å². The van der Waals surface area contributed by atoms with E-state index in [1.807, 2.05) is 25.1 Å². The van der Waals surface area contributed by atoms with E-state index in [0.717, 1.165) is 16.8 Å². The third-order valence-corrected chi connectivity index (χ3v) is 3.50. The fourth-order valence-electron chi connectivity index (χ4n) is 2.17. The SMILES string of the molecule is Cc1c(N)cccc1CNC(=O)c1cnn2ccncc12. The number of carbonyl (C=O) groups is 1. The van der Waals surface area contributed by atoms with Crippen molar-refractivity contribution in [1.82, 2.24) is 19.9 Å². The Kier molecular flexibility index (Phi) is 3.27. The lowest BCUT2D eigenvalue weighted by Gasteiger charge is -2.09. The lowest BCUT2D eigenvalue weighted by Crippen LogP contribution is -2.23. The molecule has 0 saturated carbocycles. The summed E-state index contributed by atoms with van der Waals surface area (Å²) in [5.41, 5.74) is 9.75. The summed E-state index contributed by atoms with van der Waals surface area (Å²) in [6, 6.07) is 5.67. The molecule has 0 aliphatic rings. The van der Waals surface area contributed by atoms with Crippen LogP contribution in [0.1, 0.15) is 21.5 Å². The van der Waals surface area contributed by atoms with Crippen LogP contribution >= 0.6 is 0 Å². The number of hydrogen-bond donors (Lipinski definition) is 2. The van der Waals surface area contributed by atoms with Crippen molar-refractivity contribution < 1.29 is 4.79 Å². The van der Waals surface area contributed by atoms with Crippen molar-refractivity contribution in [3.05, 3.63) is 59.7 Å². The average molecular weight is 281 g/mol. The zero-order chi connectivity index (χ0) is 14.8. The maximum atomic E-state index is 12.3. The van der Waals surface area contributed by atoms with Gasteiger partial charge in [-0.25, -0.2) is 4.52 Å². The number of nitrogen functional groups attached to an aromatic ring is 1. The molecule has 1 amide bonds. The highest BCUT2D eigenvalue weighted by Crippen LogP contribution is 2.15. The van der Waals surface area contributed by atoms with Crippen LogP contribution in [-0.2, 0) is 6.54 Å². The molecule has 3 aromatic rings. The molecule has 0 saturated heterocycles. The number of hydrogen-bond acceptors (Lipinski definition) is 4. The number of rotatable bonds is 3. The molecule has 21 heavy (non-hydrogen) atoms. The molecule has 0 aliphatic carbocycles. The van der Waals surface area contributed by atoms with Crippen LogP contribution in [0, 0.1) is 6.92 Å². The van der Waals surface area contributed by atoms with Gasteiger partial charge in [0.25, 0.3) is 5.91 Å². The topological polar surface area (TPSA) is 85.3 Å². The summed E-state index contributed by atoms with van der Waals surface area (Å²) in [5.74, 6) is -0.181. The van der Waals surface area contributed by atoms with Gasteiger partial charge in [-0.2, -0.15) is 5.10 Å². The van der Waals surface area contributed by atoms with Gasteiger partial charge in [-0.15, -0.1) is 0 Å². The Morgan fingerprint density at radius 3 is 3.10 bits per heavy atom. The molecule has 0 spiro atoms. The van der Waals surface area contributed by atoms with E-state index >= 15 is 0 Å². The van der Waals surface area contributed by atoms with Crippen molar-refractivity contribution in [2.45, 2.75) is 13.5 Å². The van der Waals surface area contributed by atoms with Gasteiger partial charge in [-0.3, -0.25) is 9.78 Å². The van der Waals surface area contributed by atoms with Crippen LogP contribution in [0.4, 0.5) is 5.69 Å². The second kappa shape index (κ2) is 5.24. The Balaban J connectivity index is 1.79. The molecule has 0 fully saturated rings. The van der Waals surface area contributed by atoms with Gasteiger partial charge in [0.05, 0.1) is 23.5 Å². The number of anilines is 1. The van der Waals surface area contributed by atoms with Gasteiger partial charge in [0, 0.05) is 24.6 Å². The van der Waals surface area contributed by atoms with E-state index in [0.29, 0.717) is 17.6 Å². The minimum absolute atomic E-state index is 0.181. The molecule has 3 N–H and O–H groups in total. The third-order valence-electron chi connectivity index (χ3n) is 3.50. The van der Waals surface area contributed by atoms with Crippen molar-refractivity contribution in [2.75, 3.05) is 5.73 Å². The van der Waals surface area contributed by atoms with E-state index in [4.69, 9.17) is 5.73 Å². The van der Waals surface area contributed by atoms with Crippen LogP contribution in [0.5, 0.6) is 0 Å². The normalized spacial score (nSPS) is 10.7. The van der Waals surface area contributed by atoms with Crippen LogP contribution in [0.3, 0.4) is 0 Å². The lowest BCUT2D eigenvalue weighted by molar-refractivity contribution is 0.0952. The third kappa shape index (κ3) is 2.43. The van der Waals surface area contributed by atoms with E-state index in [1.165, 1.54) is 0 Å². The van der Waals surface area contributed by atoms with E-state index in [-0.39, 0.29) is 5.91 Å². The summed E-state index contributed by atoms with van der Waals surface area (Å²) < 4.78 is 1.62. The molecule has 106 valence electrons. The highest BCUT2D eigenvalue weighted by atomic mass is 16.1. The monoisotopic (exact) mass is 281 g/mol. The van der Waals surface area contributed by atoms with Gasteiger partial charge >= 0.3 is 0 Å². The predicted octanol–water partition coefficient (Wildman–Crippen LogP) is 1.55. The fourth-order valence-corrected chi connectivity index (χ4v) is 2.17. The largest absolute Gasteiger partial charge is 0.399 e. The van der Waals surface area contributed by atoms with E-state index in [1.54, 1.807) is 29.3 Å². The highest BCUT2D eigenvalue weighted by molar-refractivity contribution is 6.00. The molecule has 2 aromatic heterocycles. The van der Waals surface area contributed by atoms with Crippen molar-refractivity contribution in [3.8, 4) is 0 Å². The number of fused-ring (bicyclic) bond motifs is 1. The van der Waals surface area contributed by atoms with Crippen LogP contribution < -0.4 is 11.1 Å². The Bertz CT molecular complexity index is 809. The van der Waals surface area contributed by atoms with Gasteiger partial charge in [-0.05, 0) is 24.1 Å². The van der Waals surface area contributed by atoms with Gasteiger partial charge < -0.3 is 11.1 Å². The standard InChI is InChI=1S/C15H15N5O/c1-10-11(3-2-4-13(10)16)7-18-15(21)12-8-19-20-6-5-17-9-14(12)20/h2-6,8-9H,7,16H2,1H3,(H,18,21). The number of nitrogens with zero attached hydrogens (tertiary/aromatic N) is 3. The Morgan fingerprint density at radius 1 is 1.38 bits per heavy atom. The first-order valence-corrected chi connectivity index (χ1v) is 6.56. The number of nitrogens with one attached hydrogen (secondary N) is 1. The first kappa shape index (κ1) is 13.1. The summed E-state index contributed by atoms with van der Waals surface area (Å²) in [6.07, 6.45) is 6.48. The van der Waals surface area contributed by atoms with Crippen LogP contribution in [0.25, 0.3) is 5.52 Å². The smallest absolute Gasteiger partial charge is 0.255 e. The second-order valence-corrected chi connectivity index (χ2v) is 4.78. The first-order valence-electron chi connectivity index (χ1n) is 6.56. The summed E-state index contributed by atoms with van der Waals surface area (Å²) in [7, 11) is 0. The number of nitrogens with two attached hydrogens (primary N) is 1. The summed E-state index contributed by atoms with van der Waals surface area (Å²) in [4.78, 5) is 16.3. The molecule has 0 unspecified atom stereocenters. The zero-order valence-corrected chi connectivity index (χ0v) is 11.6. The molecule has 0 atom stereocenters. The maximum absolute atomic E-state index is 12.3. The minimum atomic E-state index is -0.181. The summed E-state index contributed by atoms with van der Waals surface area (Å²) >= 11 is 0. The van der Waals surface area contributed by atoms with E-state index in [9.17, 15) is 4.79 Å². The molecular weight excluding hydrogens is 266 g/mol. The average Bonchev–Trinajstić information content (AvgIpc) is 2.92. The van der Waals surface area contributed by atoms with Gasteiger partial charge in [-0.1, -0.05) is 12.1 Å². The maximum Gasteiger partial charge on any atom is 0.255 e. The molecule has 1 aromatic carbocycles. The number of aromatic nitrogens is 3. The van der Waals surface area contributed by atoms with Crippen LogP contribution in [0.2, 0.25) is 0 Å². The van der Waals surface area contributed by atoms with Crippen LogP contribution in [-0.4, -0.2) is 20.5 Å². The molecule has 6 nitrogen and oxygen atoms in total. The predicted molar refractivity (Wildman–Crippen MR) is 79.7 cm³/mol. The molecule has 0 aliphatic heterocycles. The summed E-state index contributed by atoms with van der Waals surface area (Å²) in [6.45, 7) is 2.36. The van der Waals surface area contributed by atoms with Gasteiger partial charge in [0.2, 0.25) is 0 Å². The molecular formula is C15H15N5O. The Hall–Kier alpha value is -2.89. The molecule has 6 heteroatoms. The number of amides is 1. The van der Waals surface area contributed by atoms with Crippen molar-refractivity contribution >= 4 is 17.1 Å². The zero-order valence-electron chi connectivity index (χ0n) is 11.6. The van der Waals surface area contributed by atoms with E-state index < -0.39 is 0 Å². The fraction of sp³-hybridized carbons (Fsp3) is 0.133. The number of carbonyl (C=O) groups excluding carboxylic acids is 1. The van der Waals surface area contributed by atoms with Crippen molar-refractivity contribution in [3.63, 3.8) is 0 Å². The van der Waals surface area contributed by atoms with Crippen molar-refractivity contribution in [2.24, 2.45) is 0 Å². The first-order chi connectivity index (χ1) is 10.2. The quantitative estimate of drug-likeness (QED) is 0.713. The lowest BCUT2D eigenvalue weighted by atomic mass is 10.1. The van der Waals surface area contributed by atoms with Gasteiger partial charge in [0.1, 0.15) is 0 Å².